The maximum atomic E-state index is 13.8. The lowest BCUT2D eigenvalue weighted by Gasteiger charge is -2.39. The average molecular weight is 338 g/mol. The van der Waals surface area contributed by atoms with Crippen LogP contribution in [0.25, 0.3) is 0 Å². The third-order valence-electron chi connectivity index (χ3n) is 4.82. The summed E-state index contributed by atoms with van der Waals surface area (Å²) in [6.07, 6.45) is 2.12. The number of nitrogens with zero attached hydrogens (tertiary/aromatic N) is 2. The Bertz CT molecular complexity index is 567. The van der Waals surface area contributed by atoms with Gasteiger partial charge in [0.1, 0.15) is 0 Å². The van der Waals surface area contributed by atoms with Gasteiger partial charge in [-0.25, -0.2) is 4.39 Å². The molecule has 1 aliphatic rings. The second-order valence-corrected chi connectivity index (χ2v) is 6.56. The minimum absolute atomic E-state index is 0.0289. The molecular weight excluding hydrogens is 311 g/mol. The highest BCUT2D eigenvalue weighted by Gasteiger charge is 2.29. The van der Waals surface area contributed by atoms with Gasteiger partial charge in [0.25, 0.3) is 0 Å². The third-order valence-corrected chi connectivity index (χ3v) is 4.82. The van der Waals surface area contributed by atoms with Crippen LogP contribution < -0.4 is 4.74 Å². The number of amides is 1. The Morgan fingerprint density at radius 2 is 2.25 bits per heavy atom. The van der Waals surface area contributed by atoms with Crippen LogP contribution in [0.15, 0.2) is 18.2 Å². The molecular formula is C18H27FN2O3. The minimum Gasteiger partial charge on any atom is -0.494 e. The molecule has 1 amide bonds. The van der Waals surface area contributed by atoms with Crippen molar-refractivity contribution in [1.82, 2.24) is 9.80 Å². The van der Waals surface area contributed by atoms with Crippen molar-refractivity contribution in [3.8, 4) is 5.75 Å². The van der Waals surface area contributed by atoms with Crippen molar-refractivity contribution in [1.29, 1.82) is 0 Å². The van der Waals surface area contributed by atoms with E-state index in [-0.39, 0.29) is 30.9 Å². The number of likely N-dealkylation sites (tertiary alicyclic amines) is 1. The molecule has 2 rings (SSSR count). The standard InChI is InChI=1S/C18H27FN2O3/c1-13-5-4-8-21(16(13)12-22)11-18(23)20(2)10-14-6-7-17(24-3)15(19)9-14/h6-7,9,13,16,22H,4-5,8,10-12H2,1-3H3. The van der Waals surface area contributed by atoms with Gasteiger partial charge < -0.3 is 14.7 Å². The predicted octanol–water partition coefficient (Wildman–Crippen LogP) is 1.89. The Hall–Kier alpha value is -1.66. The summed E-state index contributed by atoms with van der Waals surface area (Å²) in [7, 11) is 3.14. The van der Waals surface area contributed by atoms with Crippen molar-refractivity contribution >= 4 is 5.91 Å². The lowest BCUT2D eigenvalue weighted by molar-refractivity contribution is -0.133. The molecule has 0 bridgehead atoms. The molecule has 1 aromatic rings. The SMILES string of the molecule is COc1ccc(CN(C)C(=O)CN2CCCC(C)C2CO)cc1F. The number of rotatable bonds is 6. The minimum atomic E-state index is -0.430. The van der Waals surface area contributed by atoms with Crippen molar-refractivity contribution in [2.75, 3.05) is 33.9 Å². The summed E-state index contributed by atoms with van der Waals surface area (Å²) >= 11 is 0. The second kappa shape index (κ2) is 8.44. The van der Waals surface area contributed by atoms with Crippen molar-refractivity contribution < 1.29 is 19.0 Å². The molecule has 0 spiro atoms. The highest BCUT2D eigenvalue weighted by molar-refractivity contribution is 5.78. The molecule has 134 valence electrons. The molecule has 2 atom stereocenters. The monoisotopic (exact) mass is 338 g/mol. The van der Waals surface area contributed by atoms with Gasteiger partial charge in [-0.3, -0.25) is 9.69 Å². The van der Waals surface area contributed by atoms with E-state index in [0.717, 1.165) is 24.9 Å². The first-order valence-electron chi connectivity index (χ1n) is 8.37. The lowest BCUT2D eigenvalue weighted by atomic mass is 9.91. The molecule has 0 aliphatic carbocycles. The molecule has 1 saturated heterocycles. The number of hydrogen-bond acceptors (Lipinski definition) is 4. The summed E-state index contributed by atoms with van der Waals surface area (Å²) in [5.41, 5.74) is 0.717. The highest BCUT2D eigenvalue weighted by Crippen LogP contribution is 2.23. The Kier molecular flexibility index (Phi) is 6.57. The van der Waals surface area contributed by atoms with Crippen LogP contribution in [0.5, 0.6) is 5.75 Å². The van der Waals surface area contributed by atoms with Gasteiger partial charge in [-0.15, -0.1) is 0 Å². The molecule has 24 heavy (non-hydrogen) atoms. The van der Waals surface area contributed by atoms with Crippen molar-refractivity contribution in [2.24, 2.45) is 5.92 Å². The molecule has 2 unspecified atom stereocenters. The van der Waals surface area contributed by atoms with Crippen LogP contribution in [0.3, 0.4) is 0 Å². The molecule has 1 aromatic carbocycles. The molecule has 1 aliphatic heterocycles. The number of ether oxygens (including phenoxy) is 1. The topological polar surface area (TPSA) is 53.0 Å². The van der Waals surface area contributed by atoms with E-state index >= 15 is 0 Å². The predicted molar refractivity (Wildman–Crippen MR) is 90.3 cm³/mol. The molecule has 1 N–H and O–H groups in total. The van der Waals surface area contributed by atoms with Gasteiger partial charge in [-0.1, -0.05) is 13.0 Å². The van der Waals surface area contributed by atoms with Crippen LogP contribution >= 0.6 is 0 Å². The number of carbonyl (C=O) groups excluding carboxylic acids is 1. The lowest BCUT2D eigenvalue weighted by Crippen LogP contribution is -2.50. The highest BCUT2D eigenvalue weighted by atomic mass is 19.1. The van der Waals surface area contributed by atoms with E-state index < -0.39 is 5.82 Å². The fourth-order valence-electron chi connectivity index (χ4n) is 3.29. The van der Waals surface area contributed by atoms with Crippen molar-refractivity contribution in [3.05, 3.63) is 29.6 Å². The first-order valence-corrected chi connectivity index (χ1v) is 8.37. The molecule has 0 radical (unpaired) electrons. The maximum Gasteiger partial charge on any atom is 0.236 e. The largest absolute Gasteiger partial charge is 0.494 e. The van der Waals surface area contributed by atoms with Gasteiger partial charge in [-0.2, -0.15) is 0 Å². The van der Waals surface area contributed by atoms with Crippen LogP contribution in [-0.2, 0) is 11.3 Å². The first-order chi connectivity index (χ1) is 11.5. The number of hydrogen-bond donors (Lipinski definition) is 1. The Morgan fingerprint density at radius 1 is 1.50 bits per heavy atom. The second-order valence-electron chi connectivity index (χ2n) is 6.56. The normalized spacial score (nSPS) is 21.5. The van der Waals surface area contributed by atoms with Gasteiger partial charge in [0.2, 0.25) is 5.91 Å². The Labute approximate surface area is 143 Å². The van der Waals surface area contributed by atoms with Crippen LogP contribution in [0.1, 0.15) is 25.3 Å². The van der Waals surface area contributed by atoms with E-state index in [1.165, 1.54) is 13.2 Å². The number of likely N-dealkylation sites (N-methyl/N-ethyl adjacent to an activating group) is 1. The molecule has 1 fully saturated rings. The molecule has 6 heteroatoms. The number of methoxy groups -OCH3 is 1. The zero-order valence-corrected chi connectivity index (χ0v) is 14.7. The molecule has 1 heterocycles. The number of halogens is 1. The number of piperidine rings is 1. The zero-order chi connectivity index (χ0) is 17.7. The van der Waals surface area contributed by atoms with E-state index in [2.05, 4.69) is 11.8 Å². The summed E-state index contributed by atoms with van der Waals surface area (Å²) in [6.45, 7) is 3.63. The van der Waals surface area contributed by atoms with Crippen LogP contribution in [-0.4, -0.2) is 60.7 Å². The van der Waals surface area contributed by atoms with E-state index in [4.69, 9.17) is 4.74 Å². The van der Waals surface area contributed by atoms with E-state index in [1.807, 2.05) is 0 Å². The quantitative estimate of drug-likeness (QED) is 0.861. The van der Waals surface area contributed by atoms with Crippen LogP contribution in [0.4, 0.5) is 4.39 Å². The van der Waals surface area contributed by atoms with E-state index in [0.29, 0.717) is 12.5 Å². The molecule has 5 nitrogen and oxygen atoms in total. The maximum absolute atomic E-state index is 13.8. The van der Waals surface area contributed by atoms with Crippen molar-refractivity contribution in [3.63, 3.8) is 0 Å². The molecule has 0 saturated carbocycles. The van der Waals surface area contributed by atoms with Crippen LogP contribution in [0.2, 0.25) is 0 Å². The third kappa shape index (κ3) is 4.45. The average Bonchev–Trinajstić information content (AvgIpc) is 2.55. The summed E-state index contributed by atoms with van der Waals surface area (Å²) < 4.78 is 18.7. The fourth-order valence-corrected chi connectivity index (χ4v) is 3.29. The van der Waals surface area contributed by atoms with Gasteiger partial charge in [0, 0.05) is 19.6 Å². The van der Waals surface area contributed by atoms with Crippen LogP contribution in [0, 0.1) is 11.7 Å². The number of benzene rings is 1. The smallest absolute Gasteiger partial charge is 0.236 e. The Morgan fingerprint density at radius 3 is 2.88 bits per heavy atom. The number of aliphatic hydroxyl groups excluding tert-OH is 1. The fraction of sp³-hybridized carbons (Fsp3) is 0.611. The number of aliphatic hydroxyl groups is 1. The van der Waals surface area contributed by atoms with E-state index in [1.54, 1.807) is 24.1 Å². The van der Waals surface area contributed by atoms with Gasteiger partial charge in [0.15, 0.2) is 11.6 Å². The van der Waals surface area contributed by atoms with Crippen molar-refractivity contribution in [2.45, 2.75) is 32.4 Å². The summed E-state index contributed by atoms with van der Waals surface area (Å²) in [6, 6.07) is 4.75. The van der Waals surface area contributed by atoms with Gasteiger partial charge in [0.05, 0.1) is 20.3 Å². The number of carbonyl (C=O) groups is 1. The van der Waals surface area contributed by atoms with Gasteiger partial charge in [-0.05, 0) is 43.0 Å². The summed E-state index contributed by atoms with van der Waals surface area (Å²) in [5, 5.41) is 9.58. The first kappa shape index (κ1) is 18.7. The Balaban J connectivity index is 1.95. The molecule has 0 aromatic heterocycles. The van der Waals surface area contributed by atoms with Gasteiger partial charge >= 0.3 is 0 Å². The van der Waals surface area contributed by atoms with E-state index in [9.17, 15) is 14.3 Å². The summed E-state index contributed by atoms with van der Waals surface area (Å²) in [5.74, 6) is 0.123. The summed E-state index contributed by atoms with van der Waals surface area (Å²) in [4.78, 5) is 16.1. The zero-order valence-electron chi connectivity index (χ0n) is 14.7.